The van der Waals surface area contributed by atoms with E-state index in [9.17, 15) is 4.79 Å². The number of nitrogens with one attached hydrogen (secondary N) is 1. The molecule has 0 saturated carbocycles. The average Bonchev–Trinajstić information content (AvgIpc) is 2.53. The molecule has 4 heteroatoms. The molecule has 2 aromatic carbocycles. The summed E-state index contributed by atoms with van der Waals surface area (Å²) in [4.78, 5) is 12.2. The van der Waals surface area contributed by atoms with Crippen molar-refractivity contribution < 1.29 is 10.1 Å². The average molecular weight is 332 g/mol. The molecular weight excluding hydrogens is 308 g/mol. The van der Waals surface area contributed by atoms with E-state index in [0.29, 0.717) is 12.5 Å². The van der Waals surface area contributed by atoms with Crippen molar-refractivity contribution in [3.8, 4) is 0 Å². The van der Waals surface area contributed by atoms with Crippen LogP contribution in [0.25, 0.3) is 0 Å². The van der Waals surface area contributed by atoms with E-state index in [2.05, 4.69) is 32.2 Å². The zero-order valence-corrected chi connectivity index (χ0v) is 14.6. The van der Waals surface area contributed by atoms with Gasteiger partial charge in [-0.3, -0.25) is 4.79 Å². The lowest BCUT2D eigenvalue weighted by Crippen LogP contribution is -2.86. The summed E-state index contributed by atoms with van der Waals surface area (Å²) in [6.07, 6.45) is 0. The van der Waals surface area contributed by atoms with E-state index in [1.54, 1.807) is 0 Å². The van der Waals surface area contributed by atoms with E-state index in [4.69, 9.17) is 11.6 Å². The van der Waals surface area contributed by atoms with Gasteiger partial charge in [-0.25, -0.2) is 0 Å². The highest BCUT2D eigenvalue weighted by molar-refractivity contribution is 6.30. The quantitative estimate of drug-likeness (QED) is 0.832. The molecular formula is C19H24ClN2O+. The van der Waals surface area contributed by atoms with Crippen LogP contribution in [0.5, 0.6) is 0 Å². The molecule has 0 aliphatic carbocycles. The molecule has 0 aromatic heterocycles. The van der Waals surface area contributed by atoms with Gasteiger partial charge in [-0.05, 0) is 36.6 Å². The fourth-order valence-electron chi connectivity index (χ4n) is 2.53. The Labute approximate surface area is 143 Å². The summed E-state index contributed by atoms with van der Waals surface area (Å²) in [5.74, 6) is 0.382. The van der Waals surface area contributed by atoms with E-state index in [1.807, 2.05) is 47.8 Å². The first-order valence-corrected chi connectivity index (χ1v) is 8.32. The van der Waals surface area contributed by atoms with Gasteiger partial charge in [0.2, 0.25) is 0 Å². The van der Waals surface area contributed by atoms with Gasteiger partial charge in [0.15, 0.2) is 6.54 Å². The predicted molar refractivity (Wildman–Crippen MR) is 95.8 cm³/mol. The number of quaternary nitrogens is 1. The fourth-order valence-corrected chi connectivity index (χ4v) is 2.72. The lowest BCUT2D eigenvalue weighted by Gasteiger charge is -2.14. The maximum atomic E-state index is 12.2. The fraction of sp³-hybridized carbons (Fsp3) is 0.316. The summed E-state index contributed by atoms with van der Waals surface area (Å²) in [7, 11) is 0. The largest absolute Gasteiger partial charge is 0.333 e. The number of hydrogen-bond acceptors (Lipinski definition) is 1. The summed E-state index contributed by atoms with van der Waals surface area (Å²) >= 11 is 6.01. The molecule has 1 atom stereocenters. The predicted octanol–water partition coefficient (Wildman–Crippen LogP) is 3.73. The van der Waals surface area contributed by atoms with Crippen LogP contribution < -0.4 is 10.6 Å². The molecule has 23 heavy (non-hydrogen) atoms. The van der Waals surface area contributed by atoms with Gasteiger partial charge >= 0.3 is 0 Å². The first-order valence-electron chi connectivity index (χ1n) is 7.95. The van der Waals surface area contributed by atoms with E-state index < -0.39 is 0 Å². The van der Waals surface area contributed by atoms with Crippen molar-refractivity contribution in [1.82, 2.24) is 0 Å². The minimum absolute atomic E-state index is 0.00646. The van der Waals surface area contributed by atoms with Crippen LogP contribution in [0.2, 0.25) is 5.02 Å². The van der Waals surface area contributed by atoms with Crippen molar-refractivity contribution in [2.24, 2.45) is 0 Å². The Balaban J connectivity index is 1.93. The second-order valence-electron chi connectivity index (χ2n) is 6.07. The number of nitrogens with two attached hydrogens (primary N) is 1. The van der Waals surface area contributed by atoms with Gasteiger partial charge in [-0.1, -0.05) is 55.8 Å². The van der Waals surface area contributed by atoms with E-state index in [1.165, 1.54) is 0 Å². The van der Waals surface area contributed by atoms with Crippen LogP contribution in [-0.2, 0) is 4.79 Å². The normalized spacial score (nSPS) is 12.2. The second-order valence-corrected chi connectivity index (χ2v) is 6.51. The number of carbonyl (C=O) groups excluding carboxylic acids is 1. The van der Waals surface area contributed by atoms with E-state index in [-0.39, 0.29) is 11.9 Å². The summed E-state index contributed by atoms with van der Waals surface area (Å²) in [6.45, 7) is 6.69. The van der Waals surface area contributed by atoms with Gasteiger partial charge in [0.05, 0.1) is 0 Å². The van der Waals surface area contributed by atoms with Gasteiger partial charge in [-0.2, -0.15) is 0 Å². The zero-order chi connectivity index (χ0) is 16.8. The Kier molecular flexibility index (Phi) is 6.20. The van der Waals surface area contributed by atoms with Crippen LogP contribution in [0.15, 0.2) is 48.5 Å². The molecule has 3 N–H and O–H groups in total. The molecule has 0 aliphatic rings. The van der Waals surface area contributed by atoms with Gasteiger partial charge in [0.25, 0.3) is 5.91 Å². The number of benzene rings is 2. The van der Waals surface area contributed by atoms with Gasteiger partial charge < -0.3 is 10.6 Å². The van der Waals surface area contributed by atoms with Crippen LogP contribution in [-0.4, -0.2) is 12.5 Å². The van der Waals surface area contributed by atoms with Crippen molar-refractivity contribution in [2.75, 3.05) is 11.9 Å². The molecule has 0 fully saturated rings. The number of amides is 1. The molecule has 1 amide bonds. The van der Waals surface area contributed by atoms with Gasteiger partial charge in [0.1, 0.15) is 6.04 Å². The van der Waals surface area contributed by atoms with E-state index in [0.717, 1.165) is 21.8 Å². The highest BCUT2D eigenvalue weighted by Gasteiger charge is 2.13. The topological polar surface area (TPSA) is 45.7 Å². The Morgan fingerprint density at radius 3 is 2.57 bits per heavy atom. The number of anilines is 1. The zero-order valence-electron chi connectivity index (χ0n) is 13.8. The third kappa shape index (κ3) is 5.08. The standard InChI is InChI=1S/C19H23ClN2O/c1-13(2)17-9-4-5-10-18(17)22-19(23)12-21-14(3)15-7-6-8-16(20)11-15/h4-11,13-14,21H,12H2,1-3H3,(H,22,23)/p+1/t14-/m1/s1. The monoisotopic (exact) mass is 331 g/mol. The van der Waals surface area contributed by atoms with Crippen molar-refractivity contribution in [3.05, 3.63) is 64.7 Å². The van der Waals surface area contributed by atoms with Crippen LogP contribution in [0.1, 0.15) is 43.9 Å². The Morgan fingerprint density at radius 1 is 1.13 bits per heavy atom. The number of para-hydroxylation sites is 1. The van der Waals surface area contributed by atoms with Crippen LogP contribution >= 0.6 is 11.6 Å². The summed E-state index contributed by atoms with van der Waals surface area (Å²) in [5.41, 5.74) is 3.17. The smallest absolute Gasteiger partial charge is 0.279 e. The minimum atomic E-state index is 0.00646. The van der Waals surface area contributed by atoms with Crippen LogP contribution in [0.4, 0.5) is 5.69 Å². The first kappa shape index (κ1) is 17.5. The lowest BCUT2D eigenvalue weighted by atomic mass is 10.0. The number of rotatable bonds is 6. The summed E-state index contributed by atoms with van der Waals surface area (Å²) < 4.78 is 0. The molecule has 0 aliphatic heterocycles. The van der Waals surface area contributed by atoms with Crippen molar-refractivity contribution in [3.63, 3.8) is 0 Å². The molecule has 3 nitrogen and oxygen atoms in total. The summed E-state index contributed by atoms with van der Waals surface area (Å²) in [6, 6.07) is 15.9. The molecule has 2 rings (SSSR count). The molecule has 0 saturated heterocycles. The molecule has 0 heterocycles. The Morgan fingerprint density at radius 2 is 1.87 bits per heavy atom. The third-order valence-electron chi connectivity index (χ3n) is 3.89. The Hall–Kier alpha value is -1.84. The van der Waals surface area contributed by atoms with Crippen LogP contribution in [0, 0.1) is 0 Å². The molecule has 122 valence electrons. The number of halogens is 1. The molecule has 0 unspecified atom stereocenters. The highest BCUT2D eigenvalue weighted by atomic mass is 35.5. The number of hydrogen-bond donors (Lipinski definition) is 2. The third-order valence-corrected chi connectivity index (χ3v) is 4.12. The van der Waals surface area contributed by atoms with Crippen molar-refractivity contribution >= 4 is 23.2 Å². The molecule has 0 radical (unpaired) electrons. The maximum absolute atomic E-state index is 12.2. The summed E-state index contributed by atoms with van der Waals surface area (Å²) in [5, 5.41) is 5.75. The highest BCUT2D eigenvalue weighted by Crippen LogP contribution is 2.23. The maximum Gasteiger partial charge on any atom is 0.279 e. The van der Waals surface area contributed by atoms with Crippen LogP contribution in [0.3, 0.4) is 0 Å². The second kappa shape index (κ2) is 8.14. The molecule has 0 spiro atoms. The molecule has 0 bridgehead atoms. The number of carbonyl (C=O) groups is 1. The van der Waals surface area contributed by atoms with Gasteiger partial charge in [0, 0.05) is 16.3 Å². The van der Waals surface area contributed by atoms with E-state index >= 15 is 0 Å². The first-order chi connectivity index (χ1) is 11.0. The van der Waals surface area contributed by atoms with Crippen molar-refractivity contribution in [1.29, 1.82) is 0 Å². The lowest BCUT2D eigenvalue weighted by molar-refractivity contribution is -0.682. The van der Waals surface area contributed by atoms with Crippen molar-refractivity contribution in [2.45, 2.75) is 32.7 Å². The van der Waals surface area contributed by atoms with Gasteiger partial charge in [-0.15, -0.1) is 0 Å². The molecule has 2 aromatic rings. The Bertz CT molecular complexity index is 670. The minimum Gasteiger partial charge on any atom is -0.333 e. The SMILES string of the molecule is CC(C)c1ccccc1NC(=O)C[NH2+][C@H](C)c1cccc(Cl)c1.